The predicted octanol–water partition coefficient (Wildman–Crippen LogP) is 5.08. The molecule has 1 aliphatic rings. The largest absolute Gasteiger partial charge is 0.480 e. The van der Waals surface area contributed by atoms with E-state index in [1.807, 2.05) is 43.5 Å². The van der Waals surface area contributed by atoms with Gasteiger partial charge in [0.25, 0.3) is 0 Å². The molecule has 0 spiro atoms. The number of benzene rings is 1. The summed E-state index contributed by atoms with van der Waals surface area (Å²) < 4.78 is -0.480. The Morgan fingerprint density at radius 3 is 2.56 bits per heavy atom. The molecule has 4 nitrogen and oxygen atoms in total. The second-order valence-corrected chi connectivity index (χ2v) is 9.71. The van der Waals surface area contributed by atoms with Gasteiger partial charge < -0.3 is 15.3 Å². The van der Waals surface area contributed by atoms with Crippen LogP contribution in [-0.2, 0) is 4.79 Å². The number of hydrogen-bond acceptors (Lipinski definition) is 4. The van der Waals surface area contributed by atoms with Gasteiger partial charge in [0.2, 0.25) is 0 Å². The smallest absolute Gasteiger partial charge is 0.327 e. The SMILES string of the molecule is CC1(C)S[C@@H](c2cccs2)N(C(=S)Nc2ccc(Cl)cc2)[C@H]1C(=O)O. The third-order valence-corrected chi connectivity index (χ3v) is 7.13. The van der Waals surface area contributed by atoms with Gasteiger partial charge >= 0.3 is 5.97 Å². The molecule has 132 valence electrons. The number of carboxylic acids is 1. The van der Waals surface area contributed by atoms with E-state index < -0.39 is 16.8 Å². The topological polar surface area (TPSA) is 52.6 Å². The van der Waals surface area contributed by atoms with Crippen molar-refractivity contribution in [3.63, 3.8) is 0 Å². The van der Waals surface area contributed by atoms with Crippen molar-refractivity contribution < 1.29 is 9.90 Å². The summed E-state index contributed by atoms with van der Waals surface area (Å²) in [7, 11) is 0. The highest BCUT2D eigenvalue weighted by molar-refractivity contribution is 8.01. The summed E-state index contributed by atoms with van der Waals surface area (Å²) in [5.41, 5.74) is 0.776. The molecule has 0 saturated carbocycles. The van der Waals surface area contributed by atoms with Crippen LogP contribution in [-0.4, -0.2) is 31.9 Å². The molecular formula is C17H17ClN2O2S3. The molecule has 0 amide bonds. The van der Waals surface area contributed by atoms with Gasteiger partial charge in [0.1, 0.15) is 11.4 Å². The van der Waals surface area contributed by atoms with Crippen molar-refractivity contribution in [1.82, 2.24) is 4.90 Å². The van der Waals surface area contributed by atoms with Crippen LogP contribution < -0.4 is 5.32 Å². The van der Waals surface area contributed by atoms with E-state index in [9.17, 15) is 9.90 Å². The number of hydrogen-bond donors (Lipinski definition) is 2. The normalized spacial score (nSPS) is 22.0. The van der Waals surface area contributed by atoms with Crippen LogP contribution in [0.2, 0.25) is 5.02 Å². The van der Waals surface area contributed by atoms with E-state index in [-0.39, 0.29) is 5.37 Å². The van der Waals surface area contributed by atoms with Crippen molar-refractivity contribution in [2.45, 2.75) is 30.0 Å². The summed E-state index contributed by atoms with van der Waals surface area (Å²) >= 11 is 14.7. The minimum Gasteiger partial charge on any atom is -0.480 e. The Morgan fingerprint density at radius 2 is 2.00 bits per heavy atom. The number of halogens is 1. The quantitative estimate of drug-likeness (QED) is 0.686. The molecule has 0 bridgehead atoms. The summed E-state index contributed by atoms with van der Waals surface area (Å²) in [6.45, 7) is 3.89. The van der Waals surface area contributed by atoms with Crippen LogP contribution in [0.25, 0.3) is 0 Å². The molecule has 0 unspecified atom stereocenters. The number of carbonyl (C=O) groups is 1. The van der Waals surface area contributed by atoms with Crippen LogP contribution >= 0.6 is 46.9 Å². The Hall–Kier alpha value is -1.28. The van der Waals surface area contributed by atoms with Crippen LogP contribution in [0.5, 0.6) is 0 Å². The fourth-order valence-corrected chi connectivity index (χ4v) is 5.86. The third kappa shape index (κ3) is 3.79. The van der Waals surface area contributed by atoms with Gasteiger partial charge in [0.15, 0.2) is 5.11 Å². The maximum Gasteiger partial charge on any atom is 0.327 e. The number of nitrogens with zero attached hydrogens (tertiary/aromatic N) is 1. The van der Waals surface area contributed by atoms with Gasteiger partial charge in [-0.1, -0.05) is 17.7 Å². The number of carboxylic acid groups (broad SMARTS) is 1. The van der Waals surface area contributed by atoms with E-state index in [2.05, 4.69) is 5.32 Å². The van der Waals surface area contributed by atoms with E-state index in [4.69, 9.17) is 23.8 Å². The zero-order chi connectivity index (χ0) is 18.2. The van der Waals surface area contributed by atoms with Gasteiger partial charge in [-0.2, -0.15) is 0 Å². The first-order valence-electron chi connectivity index (χ1n) is 7.58. The minimum atomic E-state index is -0.878. The molecule has 2 atom stereocenters. The van der Waals surface area contributed by atoms with Gasteiger partial charge in [-0.15, -0.1) is 23.1 Å². The van der Waals surface area contributed by atoms with E-state index in [0.29, 0.717) is 10.1 Å². The average Bonchev–Trinajstić information content (AvgIpc) is 3.14. The maximum atomic E-state index is 12.0. The maximum absolute atomic E-state index is 12.0. The van der Waals surface area contributed by atoms with Crippen LogP contribution in [0.3, 0.4) is 0 Å². The molecule has 1 aromatic heterocycles. The molecule has 1 fully saturated rings. The lowest BCUT2D eigenvalue weighted by Crippen LogP contribution is -2.50. The highest BCUT2D eigenvalue weighted by atomic mass is 35.5. The number of thiophene rings is 1. The Kier molecular flexibility index (Phi) is 5.29. The molecule has 1 aromatic carbocycles. The molecule has 0 radical (unpaired) electrons. The summed E-state index contributed by atoms with van der Waals surface area (Å²) in [6, 6.07) is 10.4. The van der Waals surface area contributed by atoms with Gasteiger partial charge in [0.05, 0.1) is 0 Å². The number of aliphatic carboxylic acids is 1. The number of anilines is 1. The highest BCUT2D eigenvalue weighted by Gasteiger charge is 2.53. The highest BCUT2D eigenvalue weighted by Crippen LogP contribution is 2.53. The average molecular weight is 413 g/mol. The zero-order valence-corrected chi connectivity index (χ0v) is 16.8. The van der Waals surface area contributed by atoms with Crippen molar-refractivity contribution in [3.8, 4) is 0 Å². The zero-order valence-electron chi connectivity index (χ0n) is 13.6. The Balaban J connectivity index is 1.93. The molecule has 2 aromatic rings. The van der Waals surface area contributed by atoms with Crippen molar-refractivity contribution in [2.75, 3.05) is 5.32 Å². The minimum absolute atomic E-state index is 0.136. The van der Waals surface area contributed by atoms with Crippen LogP contribution in [0.15, 0.2) is 41.8 Å². The molecule has 1 aliphatic heterocycles. The van der Waals surface area contributed by atoms with Gasteiger partial charge in [-0.05, 0) is 61.8 Å². The predicted molar refractivity (Wildman–Crippen MR) is 110 cm³/mol. The van der Waals surface area contributed by atoms with Gasteiger partial charge in [-0.3, -0.25) is 0 Å². The Morgan fingerprint density at radius 1 is 1.32 bits per heavy atom. The summed E-state index contributed by atoms with van der Waals surface area (Å²) in [5, 5.41) is 15.9. The summed E-state index contributed by atoms with van der Waals surface area (Å²) in [5.74, 6) is -0.878. The van der Waals surface area contributed by atoms with Crippen molar-refractivity contribution >= 4 is 63.7 Å². The first-order chi connectivity index (χ1) is 11.8. The summed E-state index contributed by atoms with van der Waals surface area (Å²) in [6.07, 6.45) is 0. The number of rotatable bonds is 3. The van der Waals surface area contributed by atoms with E-state index in [1.165, 1.54) is 0 Å². The van der Waals surface area contributed by atoms with Crippen molar-refractivity contribution in [2.24, 2.45) is 0 Å². The first-order valence-corrected chi connectivity index (χ1v) is 10.1. The summed E-state index contributed by atoms with van der Waals surface area (Å²) in [4.78, 5) is 14.9. The molecule has 0 aliphatic carbocycles. The molecule has 8 heteroatoms. The van der Waals surface area contributed by atoms with E-state index in [1.54, 1.807) is 40.1 Å². The monoisotopic (exact) mass is 412 g/mol. The van der Waals surface area contributed by atoms with Crippen LogP contribution in [0, 0.1) is 0 Å². The molecule has 3 rings (SSSR count). The van der Waals surface area contributed by atoms with Crippen LogP contribution in [0.1, 0.15) is 24.1 Å². The molecule has 2 N–H and O–H groups in total. The number of thiocarbonyl (C=S) groups is 1. The fraction of sp³-hybridized carbons (Fsp3) is 0.294. The molecular weight excluding hydrogens is 396 g/mol. The first kappa shape index (κ1) is 18.5. The van der Waals surface area contributed by atoms with Crippen molar-refractivity contribution in [3.05, 3.63) is 51.7 Å². The van der Waals surface area contributed by atoms with Crippen molar-refractivity contribution in [1.29, 1.82) is 0 Å². The lowest BCUT2D eigenvalue weighted by molar-refractivity contribution is -0.142. The lowest BCUT2D eigenvalue weighted by atomic mass is 10.0. The number of nitrogens with one attached hydrogen (secondary N) is 1. The molecule has 1 saturated heterocycles. The molecule has 25 heavy (non-hydrogen) atoms. The van der Waals surface area contributed by atoms with E-state index >= 15 is 0 Å². The standard InChI is InChI=1S/C17H17ClN2O2S3/c1-17(2)13(15(21)22)20(14(25-17)12-4-3-9-24-12)16(23)19-11-7-5-10(18)6-8-11/h3-9,13-14H,1-2H3,(H,19,23)(H,21,22)/t13-,14-/m0/s1. The fourth-order valence-electron chi connectivity index (χ4n) is 2.87. The molecule has 2 heterocycles. The second kappa shape index (κ2) is 7.15. The van der Waals surface area contributed by atoms with E-state index in [0.717, 1.165) is 10.6 Å². The Bertz CT molecular complexity index is 778. The third-order valence-electron chi connectivity index (χ3n) is 3.96. The van der Waals surface area contributed by atoms with Gasteiger partial charge in [-0.25, -0.2) is 4.79 Å². The second-order valence-electron chi connectivity index (χ2n) is 6.17. The van der Waals surface area contributed by atoms with Gasteiger partial charge in [0, 0.05) is 20.3 Å². The Labute approximate surface area is 165 Å². The number of thioether (sulfide) groups is 1. The lowest BCUT2D eigenvalue weighted by Gasteiger charge is -2.31. The van der Waals surface area contributed by atoms with Crippen LogP contribution in [0.4, 0.5) is 5.69 Å².